The fourth-order valence-electron chi connectivity index (χ4n) is 1.27. The Hall–Kier alpha value is -0.220. The standard InChI is InChI=1S/C10H22N2OS/c1-5-12(10(13)9(2)14)8-6-7-11(3)4/h9,14H,5-8H2,1-4H3. The fourth-order valence-corrected chi connectivity index (χ4v) is 1.43. The first-order chi connectivity index (χ1) is 6.49. The molecule has 0 heterocycles. The normalized spacial score (nSPS) is 13.0. The van der Waals surface area contributed by atoms with E-state index in [2.05, 4.69) is 17.5 Å². The molecule has 0 N–H and O–H groups in total. The maximum absolute atomic E-state index is 11.6. The second-order valence-corrected chi connectivity index (χ2v) is 4.53. The van der Waals surface area contributed by atoms with Crippen molar-refractivity contribution in [2.24, 2.45) is 0 Å². The summed E-state index contributed by atoms with van der Waals surface area (Å²) in [5.74, 6) is 0.134. The maximum Gasteiger partial charge on any atom is 0.235 e. The van der Waals surface area contributed by atoms with E-state index in [4.69, 9.17) is 0 Å². The molecular formula is C10H22N2OS. The van der Waals surface area contributed by atoms with E-state index in [1.807, 2.05) is 32.8 Å². The van der Waals surface area contributed by atoms with Crippen molar-refractivity contribution in [2.45, 2.75) is 25.5 Å². The average molecular weight is 218 g/mol. The van der Waals surface area contributed by atoms with Crippen molar-refractivity contribution < 1.29 is 4.79 Å². The highest BCUT2D eigenvalue weighted by Gasteiger charge is 2.15. The van der Waals surface area contributed by atoms with E-state index in [0.29, 0.717) is 0 Å². The Labute approximate surface area is 92.9 Å². The van der Waals surface area contributed by atoms with Crippen molar-refractivity contribution in [1.82, 2.24) is 9.80 Å². The predicted molar refractivity (Wildman–Crippen MR) is 63.9 cm³/mol. The first-order valence-corrected chi connectivity index (χ1v) is 5.62. The highest BCUT2D eigenvalue weighted by atomic mass is 32.1. The number of hydrogen-bond donors (Lipinski definition) is 1. The van der Waals surface area contributed by atoms with E-state index in [0.717, 1.165) is 26.1 Å². The molecule has 0 aliphatic heterocycles. The van der Waals surface area contributed by atoms with Gasteiger partial charge in [-0.25, -0.2) is 0 Å². The Balaban J connectivity index is 3.85. The Morgan fingerprint density at radius 1 is 1.36 bits per heavy atom. The first kappa shape index (κ1) is 13.8. The van der Waals surface area contributed by atoms with Crippen molar-refractivity contribution >= 4 is 18.5 Å². The van der Waals surface area contributed by atoms with Gasteiger partial charge >= 0.3 is 0 Å². The zero-order valence-electron chi connectivity index (χ0n) is 9.66. The van der Waals surface area contributed by atoms with Crippen molar-refractivity contribution in [3.63, 3.8) is 0 Å². The molecule has 0 bridgehead atoms. The molecule has 14 heavy (non-hydrogen) atoms. The lowest BCUT2D eigenvalue weighted by Crippen LogP contribution is -2.37. The largest absolute Gasteiger partial charge is 0.342 e. The van der Waals surface area contributed by atoms with Gasteiger partial charge in [-0.05, 0) is 40.9 Å². The lowest BCUT2D eigenvalue weighted by molar-refractivity contribution is -0.130. The third-order valence-corrected chi connectivity index (χ3v) is 2.31. The second kappa shape index (κ2) is 7.12. The van der Waals surface area contributed by atoms with Gasteiger partial charge in [0.2, 0.25) is 5.91 Å². The molecule has 0 aliphatic rings. The topological polar surface area (TPSA) is 23.6 Å². The van der Waals surface area contributed by atoms with Crippen molar-refractivity contribution in [2.75, 3.05) is 33.7 Å². The summed E-state index contributed by atoms with van der Waals surface area (Å²) in [6.45, 7) is 6.45. The van der Waals surface area contributed by atoms with Crippen LogP contribution in [-0.2, 0) is 4.79 Å². The maximum atomic E-state index is 11.6. The van der Waals surface area contributed by atoms with Gasteiger partial charge in [0, 0.05) is 13.1 Å². The lowest BCUT2D eigenvalue weighted by atomic mass is 10.3. The summed E-state index contributed by atoms with van der Waals surface area (Å²) < 4.78 is 0. The molecule has 4 heteroatoms. The third kappa shape index (κ3) is 5.50. The molecule has 0 saturated carbocycles. The fraction of sp³-hybridized carbons (Fsp3) is 0.900. The van der Waals surface area contributed by atoms with Crippen LogP contribution in [0.1, 0.15) is 20.3 Å². The third-order valence-electron chi connectivity index (χ3n) is 2.08. The van der Waals surface area contributed by atoms with Gasteiger partial charge in [-0.1, -0.05) is 0 Å². The Bertz CT molecular complexity index is 172. The van der Waals surface area contributed by atoms with Crippen LogP contribution in [0.2, 0.25) is 0 Å². The van der Waals surface area contributed by atoms with Crippen LogP contribution in [0.25, 0.3) is 0 Å². The monoisotopic (exact) mass is 218 g/mol. The van der Waals surface area contributed by atoms with E-state index >= 15 is 0 Å². The molecule has 1 atom stereocenters. The van der Waals surface area contributed by atoms with Crippen LogP contribution in [0.5, 0.6) is 0 Å². The van der Waals surface area contributed by atoms with E-state index < -0.39 is 0 Å². The number of rotatable bonds is 6. The van der Waals surface area contributed by atoms with Crippen molar-refractivity contribution in [1.29, 1.82) is 0 Å². The van der Waals surface area contributed by atoms with Gasteiger partial charge in [-0.2, -0.15) is 12.6 Å². The van der Waals surface area contributed by atoms with Crippen LogP contribution in [0.4, 0.5) is 0 Å². The number of thiol groups is 1. The Morgan fingerprint density at radius 3 is 2.29 bits per heavy atom. The van der Waals surface area contributed by atoms with E-state index in [9.17, 15) is 4.79 Å². The quantitative estimate of drug-likeness (QED) is 0.675. The molecule has 0 saturated heterocycles. The van der Waals surface area contributed by atoms with Crippen molar-refractivity contribution in [3.05, 3.63) is 0 Å². The predicted octanol–water partition coefficient (Wildman–Crippen LogP) is 1.10. The summed E-state index contributed by atoms with van der Waals surface area (Å²) in [5, 5.41) is -0.186. The van der Waals surface area contributed by atoms with E-state index in [-0.39, 0.29) is 11.2 Å². The highest BCUT2D eigenvalue weighted by Crippen LogP contribution is 2.02. The summed E-state index contributed by atoms with van der Waals surface area (Å²) in [4.78, 5) is 15.6. The molecular weight excluding hydrogens is 196 g/mol. The summed E-state index contributed by atoms with van der Waals surface area (Å²) in [7, 11) is 4.08. The molecule has 3 nitrogen and oxygen atoms in total. The molecule has 0 rings (SSSR count). The summed E-state index contributed by atoms with van der Waals surface area (Å²) in [6, 6.07) is 0. The SMILES string of the molecule is CCN(CCCN(C)C)C(=O)C(C)S. The van der Waals surface area contributed by atoms with Gasteiger partial charge in [0.25, 0.3) is 0 Å². The number of nitrogens with zero attached hydrogens (tertiary/aromatic N) is 2. The Morgan fingerprint density at radius 2 is 1.93 bits per heavy atom. The Kier molecular flexibility index (Phi) is 7.01. The molecule has 0 radical (unpaired) electrons. The molecule has 84 valence electrons. The molecule has 0 aromatic heterocycles. The number of amides is 1. The van der Waals surface area contributed by atoms with Gasteiger partial charge < -0.3 is 9.80 Å². The zero-order chi connectivity index (χ0) is 11.1. The molecule has 0 spiro atoms. The molecule has 0 fully saturated rings. The minimum Gasteiger partial charge on any atom is -0.342 e. The van der Waals surface area contributed by atoms with Crippen LogP contribution >= 0.6 is 12.6 Å². The van der Waals surface area contributed by atoms with Gasteiger partial charge in [0.1, 0.15) is 0 Å². The average Bonchev–Trinajstić information content (AvgIpc) is 2.10. The van der Waals surface area contributed by atoms with Crippen LogP contribution in [0, 0.1) is 0 Å². The molecule has 1 unspecified atom stereocenters. The minimum atomic E-state index is -0.186. The van der Waals surface area contributed by atoms with Crippen LogP contribution in [-0.4, -0.2) is 54.7 Å². The van der Waals surface area contributed by atoms with Gasteiger partial charge in [0.15, 0.2) is 0 Å². The summed E-state index contributed by atoms with van der Waals surface area (Å²) >= 11 is 4.15. The smallest absolute Gasteiger partial charge is 0.235 e. The number of carbonyl (C=O) groups is 1. The summed E-state index contributed by atoms with van der Waals surface area (Å²) in [5.41, 5.74) is 0. The summed E-state index contributed by atoms with van der Waals surface area (Å²) in [6.07, 6.45) is 1.02. The van der Waals surface area contributed by atoms with Gasteiger partial charge in [-0.3, -0.25) is 4.79 Å². The van der Waals surface area contributed by atoms with E-state index in [1.165, 1.54) is 0 Å². The second-order valence-electron chi connectivity index (χ2n) is 3.75. The lowest BCUT2D eigenvalue weighted by Gasteiger charge is -2.23. The number of hydrogen-bond acceptors (Lipinski definition) is 3. The van der Waals surface area contributed by atoms with Crippen LogP contribution in [0.3, 0.4) is 0 Å². The van der Waals surface area contributed by atoms with E-state index in [1.54, 1.807) is 0 Å². The highest BCUT2D eigenvalue weighted by molar-refractivity contribution is 7.81. The first-order valence-electron chi connectivity index (χ1n) is 5.10. The van der Waals surface area contributed by atoms with Crippen molar-refractivity contribution in [3.8, 4) is 0 Å². The number of carbonyl (C=O) groups excluding carboxylic acids is 1. The van der Waals surface area contributed by atoms with Crippen LogP contribution in [0.15, 0.2) is 0 Å². The molecule has 0 aliphatic carbocycles. The molecule has 0 aromatic rings. The zero-order valence-corrected chi connectivity index (χ0v) is 10.6. The molecule has 1 amide bonds. The molecule has 0 aromatic carbocycles. The van der Waals surface area contributed by atoms with Gasteiger partial charge in [-0.15, -0.1) is 0 Å². The van der Waals surface area contributed by atoms with Crippen LogP contribution < -0.4 is 0 Å². The minimum absolute atomic E-state index is 0.134. The van der Waals surface area contributed by atoms with Gasteiger partial charge in [0.05, 0.1) is 5.25 Å².